The third-order valence-corrected chi connectivity index (χ3v) is 9.60. The fraction of sp³-hybridized carbons (Fsp3) is 0.534. The average Bonchev–Trinajstić information content (AvgIpc) is 3.29. The van der Waals surface area contributed by atoms with Crippen LogP contribution >= 0.6 is 0 Å². The summed E-state index contributed by atoms with van der Waals surface area (Å²) in [6.07, 6.45) is 72.7. The lowest BCUT2D eigenvalue weighted by Gasteiger charge is -2.18. The molecule has 6 heteroatoms. The Morgan fingerprint density at radius 2 is 0.688 bits per heavy atom. The molecule has 6 nitrogen and oxygen atoms in total. The molecule has 0 rings (SSSR count). The van der Waals surface area contributed by atoms with Crippen molar-refractivity contribution in [1.82, 2.24) is 0 Å². The molecular formula is C58H88O6. The van der Waals surface area contributed by atoms with Crippen molar-refractivity contribution in [1.29, 1.82) is 0 Å². The monoisotopic (exact) mass is 881 g/mol. The Bertz CT molecular complexity index is 1480. The summed E-state index contributed by atoms with van der Waals surface area (Å²) in [4.78, 5) is 37.9. The number of carbonyl (C=O) groups excluding carboxylic acids is 3. The van der Waals surface area contributed by atoms with E-state index in [4.69, 9.17) is 14.2 Å². The van der Waals surface area contributed by atoms with Gasteiger partial charge in [-0.2, -0.15) is 0 Å². The van der Waals surface area contributed by atoms with Gasteiger partial charge < -0.3 is 14.2 Å². The van der Waals surface area contributed by atoms with E-state index in [9.17, 15) is 14.4 Å². The maximum Gasteiger partial charge on any atom is 0.306 e. The van der Waals surface area contributed by atoms with E-state index < -0.39 is 12.1 Å². The van der Waals surface area contributed by atoms with Crippen LogP contribution in [0.25, 0.3) is 0 Å². The molecule has 0 N–H and O–H groups in total. The number of carbonyl (C=O) groups is 3. The summed E-state index contributed by atoms with van der Waals surface area (Å²) >= 11 is 0. The van der Waals surface area contributed by atoms with Crippen LogP contribution in [0.2, 0.25) is 0 Å². The lowest BCUT2D eigenvalue weighted by atomic mass is 10.1. The Morgan fingerprint density at radius 3 is 1.08 bits per heavy atom. The lowest BCUT2D eigenvalue weighted by Crippen LogP contribution is -2.30. The summed E-state index contributed by atoms with van der Waals surface area (Å²) in [6, 6.07) is 0. The minimum absolute atomic E-state index is 0.139. The summed E-state index contributed by atoms with van der Waals surface area (Å²) in [5, 5.41) is 0. The standard InChI is InChI=1S/C58H88O6/c1-4-7-10-13-16-19-22-24-26-28-29-30-32-33-36-39-42-45-48-51-57(60)63-54-55(53-62-56(59)50-47-44-41-38-35-21-18-15-12-9-6-3)64-58(61)52-49-46-43-40-37-34-31-27-25-23-20-17-14-11-8-5-2/h7-8,10-11,15-21,24-27,29-30,33-37,43,46,55H,4-6,9,12-14,22-23,28,31-32,38-42,44-45,47-54H2,1-3H3/b10-7-,11-8-,18-15-,19-16-,20-17-,26-24-,27-25-,30-29-,35-21-,36-33-,37-34-,46-43-. The van der Waals surface area contributed by atoms with Crippen LogP contribution in [-0.4, -0.2) is 37.2 Å². The summed E-state index contributed by atoms with van der Waals surface area (Å²) in [5.41, 5.74) is 0. The summed E-state index contributed by atoms with van der Waals surface area (Å²) < 4.78 is 16.6. The Hall–Kier alpha value is -4.71. The van der Waals surface area contributed by atoms with Crippen LogP contribution in [-0.2, 0) is 28.6 Å². The molecule has 1 atom stereocenters. The second-order valence-electron chi connectivity index (χ2n) is 15.6. The smallest absolute Gasteiger partial charge is 0.306 e. The van der Waals surface area contributed by atoms with Crippen molar-refractivity contribution in [3.63, 3.8) is 0 Å². The van der Waals surface area contributed by atoms with Gasteiger partial charge in [0.1, 0.15) is 13.2 Å². The molecule has 64 heavy (non-hydrogen) atoms. The van der Waals surface area contributed by atoms with E-state index in [1.165, 1.54) is 12.8 Å². The van der Waals surface area contributed by atoms with Crippen molar-refractivity contribution in [2.45, 2.75) is 187 Å². The molecule has 0 radical (unpaired) electrons. The van der Waals surface area contributed by atoms with Gasteiger partial charge in [0.2, 0.25) is 0 Å². The summed E-state index contributed by atoms with van der Waals surface area (Å²) in [5.74, 6) is -1.10. The number of unbranched alkanes of at least 4 members (excludes halogenated alkanes) is 8. The normalized spacial score (nSPS) is 13.4. The molecule has 0 aromatic carbocycles. The molecule has 0 aliphatic carbocycles. The number of ether oxygens (including phenoxy) is 3. The molecule has 0 aliphatic rings. The van der Waals surface area contributed by atoms with Crippen molar-refractivity contribution < 1.29 is 28.6 Å². The zero-order valence-corrected chi connectivity index (χ0v) is 40.5. The SMILES string of the molecule is CC/C=C\C/C=C\C/C=C\C/C=C\C/C=C\CCCCCC(=O)OCC(COC(=O)CCCCC/C=C\C=C/CCCC)OC(=O)CC/C=C\C/C=C\C/C=C\C/C=C\C/C=C\CC. The van der Waals surface area contributed by atoms with Gasteiger partial charge in [-0.1, -0.05) is 192 Å². The van der Waals surface area contributed by atoms with Crippen molar-refractivity contribution in [2.24, 2.45) is 0 Å². The lowest BCUT2D eigenvalue weighted by molar-refractivity contribution is -0.166. The molecule has 0 aromatic rings. The maximum absolute atomic E-state index is 12.7. The highest BCUT2D eigenvalue weighted by molar-refractivity contribution is 5.71. The van der Waals surface area contributed by atoms with Gasteiger partial charge in [-0.15, -0.1) is 0 Å². The largest absolute Gasteiger partial charge is 0.462 e. The zero-order chi connectivity index (χ0) is 46.5. The highest BCUT2D eigenvalue weighted by Crippen LogP contribution is 2.10. The van der Waals surface area contributed by atoms with E-state index in [0.717, 1.165) is 122 Å². The number of hydrogen-bond acceptors (Lipinski definition) is 6. The van der Waals surface area contributed by atoms with Crippen LogP contribution < -0.4 is 0 Å². The molecule has 0 heterocycles. The van der Waals surface area contributed by atoms with Crippen molar-refractivity contribution in [3.8, 4) is 0 Å². The van der Waals surface area contributed by atoms with E-state index >= 15 is 0 Å². The Kier molecular flexibility index (Phi) is 47.2. The van der Waals surface area contributed by atoms with Crippen LogP contribution in [0.1, 0.15) is 181 Å². The van der Waals surface area contributed by atoms with E-state index in [2.05, 4.69) is 154 Å². The van der Waals surface area contributed by atoms with Crippen LogP contribution in [0, 0.1) is 0 Å². The maximum atomic E-state index is 12.7. The van der Waals surface area contributed by atoms with Crippen molar-refractivity contribution in [2.75, 3.05) is 13.2 Å². The molecule has 356 valence electrons. The predicted molar refractivity (Wildman–Crippen MR) is 274 cm³/mol. The predicted octanol–water partition coefficient (Wildman–Crippen LogP) is 16.5. The summed E-state index contributed by atoms with van der Waals surface area (Å²) in [6.45, 7) is 6.20. The minimum atomic E-state index is -0.848. The number of hydrogen-bond donors (Lipinski definition) is 0. The Morgan fingerprint density at radius 1 is 0.344 bits per heavy atom. The first-order valence-corrected chi connectivity index (χ1v) is 24.9. The van der Waals surface area contributed by atoms with E-state index in [0.29, 0.717) is 19.3 Å². The number of allylic oxidation sites excluding steroid dienone is 24. The minimum Gasteiger partial charge on any atom is -0.462 e. The van der Waals surface area contributed by atoms with Gasteiger partial charge in [-0.25, -0.2) is 0 Å². The van der Waals surface area contributed by atoms with E-state index in [-0.39, 0.29) is 31.6 Å². The molecule has 1 unspecified atom stereocenters. The first kappa shape index (κ1) is 59.3. The van der Waals surface area contributed by atoms with Crippen molar-refractivity contribution >= 4 is 17.9 Å². The van der Waals surface area contributed by atoms with Gasteiger partial charge >= 0.3 is 17.9 Å². The second kappa shape index (κ2) is 50.9. The summed E-state index contributed by atoms with van der Waals surface area (Å²) in [7, 11) is 0. The van der Waals surface area contributed by atoms with Gasteiger partial charge in [0, 0.05) is 19.3 Å². The molecule has 0 saturated carbocycles. The fourth-order valence-electron chi connectivity index (χ4n) is 5.90. The fourth-order valence-corrected chi connectivity index (χ4v) is 5.90. The first-order valence-electron chi connectivity index (χ1n) is 24.9. The van der Waals surface area contributed by atoms with Crippen molar-refractivity contribution in [3.05, 3.63) is 146 Å². The molecule has 0 amide bonds. The molecule has 0 aliphatic heterocycles. The van der Waals surface area contributed by atoms with Crippen LogP contribution in [0.3, 0.4) is 0 Å². The van der Waals surface area contributed by atoms with Gasteiger partial charge in [-0.3, -0.25) is 14.4 Å². The third kappa shape index (κ3) is 48.3. The van der Waals surface area contributed by atoms with Crippen LogP contribution in [0.15, 0.2) is 146 Å². The number of rotatable bonds is 42. The first-order chi connectivity index (χ1) is 31.5. The van der Waals surface area contributed by atoms with Gasteiger partial charge in [-0.05, 0) is 116 Å². The number of esters is 3. The molecule has 0 spiro atoms. The highest BCUT2D eigenvalue weighted by Gasteiger charge is 2.19. The molecule has 0 fully saturated rings. The second-order valence-corrected chi connectivity index (χ2v) is 15.6. The topological polar surface area (TPSA) is 78.9 Å². The van der Waals surface area contributed by atoms with Crippen LogP contribution in [0.4, 0.5) is 0 Å². The molecular weight excluding hydrogens is 793 g/mol. The van der Waals surface area contributed by atoms with Gasteiger partial charge in [0.05, 0.1) is 0 Å². The zero-order valence-electron chi connectivity index (χ0n) is 40.5. The Labute approximate surface area is 391 Å². The van der Waals surface area contributed by atoms with Gasteiger partial charge in [0.15, 0.2) is 6.10 Å². The van der Waals surface area contributed by atoms with Crippen LogP contribution in [0.5, 0.6) is 0 Å². The Balaban J connectivity index is 4.60. The molecule has 0 aromatic heterocycles. The van der Waals surface area contributed by atoms with E-state index in [1.54, 1.807) is 0 Å². The molecule has 0 saturated heterocycles. The van der Waals surface area contributed by atoms with E-state index in [1.807, 2.05) is 12.2 Å². The van der Waals surface area contributed by atoms with Gasteiger partial charge in [0.25, 0.3) is 0 Å². The quantitative estimate of drug-likeness (QED) is 0.0200. The highest BCUT2D eigenvalue weighted by atomic mass is 16.6. The molecule has 0 bridgehead atoms. The third-order valence-electron chi connectivity index (χ3n) is 9.60. The average molecular weight is 881 g/mol.